The van der Waals surface area contributed by atoms with Crippen LogP contribution in [0.5, 0.6) is 5.75 Å². The number of nitrogens with one attached hydrogen (secondary N) is 2. The summed E-state index contributed by atoms with van der Waals surface area (Å²) in [5.41, 5.74) is 0.674. The number of carbonyl (C=O) groups is 1. The Bertz CT molecular complexity index is 442. The normalized spacial score (nSPS) is 11.2. The van der Waals surface area contributed by atoms with Gasteiger partial charge in [-0.15, -0.1) is 0 Å². The quantitative estimate of drug-likeness (QED) is 0.873. The standard InChI is InChI=1S/C14H21ClN2O2/c1-14(2,3)17-13(18)9-19-12-6-5-11(15)7-10(12)8-16-4/h5-7,16H,8-9H2,1-4H3,(H,17,18). The van der Waals surface area contributed by atoms with E-state index in [2.05, 4.69) is 10.6 Å². The highest BCUT2D eigenvalue weighted by molar-refractivity contribution is 6.30. The topological polar surface area (TPSA) is 50.4 Å². The fourth-order valence-corrected chi connectivity index (χ4v) is 1.81. The van der Waals surface area contributed by atoms with Crippen molar-refractivity contribution in [3.8, 4) is 5.75 Å². The number of rotatable bonds is 5. The lowest BCUT2D eigenvalue weighted by Crippen LogP contribution is -2.43. The van der Waals surface area contributed by atoms with Crippen molar-refractivity contribution in [2.45, 2.75) is 32.9 Å². The number of hydrogen-bond acceptors (Lipinski definition) is 3. The maximum atomic E-state index is 11.7. The van der Waals surface area contributed by atoms with E-state index in [1.165, 1.54) is 0 Å². The van der Waals surface area contributed by atoms with Crippen molar-refractivity contribution >= 4 is 17.5 Å². The van der Waals surface area contributed by atoms with E-state index in [9.17, 15) is 4.79 Å². The molecule has 1 rings (SSSR count). The van der Waals surface area contributed by atoms with Crippen LogP contribution in [0.25, 0.3) is 0 Å². The summed E-state index contributed by atoms with van der Waals surface area (Å²) in [6.45, 7) is 6.42. The summed E-state index contributed by atoms with van der Waals surface area (Å²) in [5, 5.41) is 6.53. The highest BCUT2D eigenvalue weighted by atomic mass is 35.5. The van der Waals surface area contributed by atoms with Crippen molar-refractivity contribution in [2.75, 3.05) is 13.7 Å². The number of benzene rings is 1. The first-order chi connectivity index (χ1) is 8.81. The summed E-state index contributed by atoms with van der Waals surface area (Å²) >= 11 is 5.94. The van der Waals surface area contributed by atoms with Crippen LogP contribution in [0.3, 0.4) is 0 Å². The molecule has 0 unspecified atom stereocenters. The van der Waals surface area contributed by atoms with Crippen molar-refractivity contribution in [1.29, 1.82) is 0 Å². The van der Waals surface area contributed by atoms with E-state index in [0.29, 0.717) is 17.3 Å². The summed E-state index contributed by atoms with van der Waals surface area (Å²) < 4.78 is 5.54. The monoisotopic (exact) mass is 284 g/mol. The van der Waals surface area contributed by atoms with Crippen molar-refractivity contribution < 1.29 is 9.53 Å². The molecule has 0 atom stereocenters. The average Bonchev–Trinajstić information content (AvgIpc) is 2.26. The van der Waals surface area contributed by atoms with Crippen LogP contribution >= 0.6 is 11.6 Å². The second-order valence-electron chi connectivity index (χ2n) is 5.37. The van der Waals surface area contributed by atoms with E-state index in [1.54, 1.807) is 12.1 Å². The first-order valence-corrected chi connectivity index (χ1v) is 6.56. The molecule has 4 nitrogen and oxygen atoms in total. The summed E-state index contributed by atoms with van der Waals surface area (Å²) in [7, 11) is 1.84. The Balaban J connectivity index is 2.64. The Hall–Kier alpha value is -1.26. The zero-order valence-corrected chi connectivity index (χ0v) is 12.6. The summed E-state index contributed by atoms with van der Waals surface area (Å²) in [4.78, 5) is 11.7. The Morgan fingerprint density at radius 2 is 2.05 bits per heavy atom. The minimum Gasteiger partial charge on any atom is -0.483 e. The lowest BCUT2D eigenvalue weighted by atomic mass is 10.1. The van der Waals surface area contributed by atoms with Crippen LogP contribution in [0, 0.1) is 0 Å². The molecule has 0 aliphatic heterocycles. The van der Waals surface area contributed by atoms with E-state index >= 15 is 0 Å². The molecular weight excluding hydrogens is 264 g/mol. The van der Waals surface area contributed by atoms with Gasteiger partial charge in [-0.1, -0.05) is 11.6 Å². The molecule has 0 aromatic heterocycles. The van der Waals surface area contributed by atoms with Crippen LogP contribution in [-0.2, 0) is 11.3 Å². The molecule has 0 radical (unpaired) electrons. The van der Waals surface area contributed by atoms with E-state index in [-0.39, 0.29) is 18.1 Å². The largest absolute Gasteiger partial charge is 0.483 e. The number of ether oxygens (including phenoxy) is 1. The molecule has 106 valence electrons. The molecule has 1 aromatic carbocycles. The maximum Gasteiger partial charge on any atom is 0.258 e. The number of halogens is 1. The van der Waals surface area contributed by atoms with Gasteiger partial charge in [0, 0.05) is 22.7 Å². The second-order valence-corrected chi connectivity index (χ2v) is 5.81. The first-order valence-electron chi connectivity index (χ1n) is 6.18. The van der Waals surface area contributed by atoms with Crippen molar-refractivity contribution in [1.82, 2.24) is 10.6 Å². The fourth-order valence-electron chi connectivity index (χ4n) is 1.62. The molecule has 0 bridgehead atoms. The third kappa shape index (κ3) is 5.94. The van der Waals surface area contributed by atoms with Crippen molar-refractivity contribution in [3.05, 3.63) is 28.8 Å². The molecule has 2 N–H and O–H groups in total. The highest BCUT2D eigenvalue weighted by Gasteiger charge is 2.14. The summed E-state index contributed by atoms with van der Waals surface area (Å²) in [6.07, 6.45) is 0. The molecule has 0 saturated heterocycles. The van der Waals surface area contributed by atoms with Crippen LogP contribution in [0.1, 0.15) is 26.3 Å². The Morgan fingerprint density at radius 3 is 2.63 bits per heavy atom. The van der Waals surface area contributed by atoms with Gasteiger partial charge < -0.3 is 15.4 Å². The lowest BCUT2D eigenvalue weighted by Gasteiger charge is -2.20. The maximum absolute atomic E-state index is 11.7. The molecule has 0 saturated carbocycles. The van der Waals surface area contributed by atoms with Gasteiger partial charge in [-0.05, 0) is 46.0 Å². The number of hydrogen-bond donors (Lipinski definition) is 2. The van der Waals surface area contributed by atoms with Gasteiger partial charge >= 0.3 is 0 Å². The fraction of sp³-hybridized carbons (Fsp3) is 0.500. The van der Waals surface area contributed by atoms with Crippen molar-refractivity contribution in [2.24, 2.45) is 0 Å². The van der Waals surface area contributed by atoms with E-state index in [1.807, 2.05) is 33.9 Å². The minimum absolute atomic E-state index is 0.00435. The predicted molar refractivity (Wildman–Crippen MR) is 77.6 cm³/mol. The molecule has 19 heavy (non-hydrogen) atoms. The Morgan fingerprint density at radius 1 is 1.37 bits per heavy atom. The molecule has 0 fully saturated rings. The van der Waals surface area contributed by atoms with Gasteiger partial charge in [0.2, 0.25) is 0 Å². The number of carbonyl (C=O) groups excluding carboxylic acids is 1. The van der Waals surface area contributed by atoms with E-state index < -0.39 is 0 Å². The van der Waals surface area contributed by atoms with Gasteiger partial charge in [0.1, 0.15) is 5.75 Å². The lowest BCUT2D eigenvalue weighted by molar-refractivity contribution is -0.124. The van der Waals surface area contributed by atoms with E-state index in [4.69, 9.17) is 16.3 Å². The molecule has 0 heterocycles. The van der Waals surface area contributed by atoms with Gasteiger partial charge in [0.05, 0.1) is 0 Å². The Kier molecular flexibility index (Phi) is 5.63. The van der Waals surface area contributed by atoms with Crippen LogP contribution in [0.2, 0.25) is 5.02 Å². The SMILES string of the molecule is CNCc1cc(Cl)ccc1OCC(=O)NC(C)(C)C. The van der Waals surface area contributed by atoms with Crippen LogP contribution in [-0.4, -0.2) is 25.1 Å². The summed E-state index contributed by atoms with van der Waals surface area (Å²) in [6, 6.07) is 5.35. The average molecular weight is 285 g/mol. The molecule has 1 aromatic rings. The minimum atomic E-state index is -0.256. The zero-order chi connectivity index (χ0) is 14.5. The number of amides is 1. The second kappa shape index (κ2) is 6.78. The van der Waals surface area contributed by atoms with Gasteiger partial charge in [0.15, 0.2) is 6.61 Å². The van der Waals surface area contributed by atoms with Crippen LogP contribution < -0.4 is 15.4 Å². The Labute approximate surface area is 119 Å². The third-order valence-electron chi connectivity index (χ3n) is 2.26. The molecule has 0 aliphatic carbocycles. The predicted octanol–water partition coefficient (Wildman–Crippen LogP) is 2.35. The van der Waals surface area contributed by atoms with Crippen LogP contribution in [0.4, 0.5) is 0 Å². The van der Waals surface area contributed by atoms with Crippen LogP contribution in [0.15, 0.2) is 18.2 Å². The molecule has 0 spiro atoms. The van der Waals surface area contributed by atoms with Gasteiger partial charge in [-0.25, -0.2) is 0 Å². The zero-order valence-electron chi connectivity index (χ0n) is 11.8. The van der Waals surface area contributed by atoms with Gasteiger partial charge in [0.25, 0.3) is 5.91 Å². The van der Waals surface area contributed by atoms with Crippen molar-refractivity contribution in [3.63, 3.8) is 0 Å². The third-order valence-corrected chi connectivity index (χ3v) is 2.50. The summed E-state index contributed by atoms with van der Waals surface area (Å²) in [5.74, 6) is 0.528. The molecule has 0 aliphatic rings. The smallest absolute Gasteiger partial charge is 0.258 e. The molecule has 5 heteroatoms. The van der Waals surface area contributed by atoms with Gasteiger partial charge in [-0.2, -0.15) is 0 Å². The van der Waals surface area contributed by atoms with Gasteiger partial charge in [-0.3, -0.25) is 4.79 Å². The highest BCUT2D eigenvalue weighted by Crippen LogP contribution is 2.22. The van der Waals surface area contributed by atoms with E-state index in [0.717, 1.165) is 5.56 Å². The first kappa shape index (κ1) is 15.8. The molecular formula is C14H21ClN2O2. The molecule has 1 amide bonds.